The van der Waals surface area contributed by atoms with E-state index in [1.54, 1.807) is 0 Å². The Bertz CT molecular complexity index is 945. The van der Waals surface area contributed by atoms with Gasteiger partial charge in [-0.3, -0.25) is 9.59 Å². The number of rotatable bonds is 6. The van der Waals surface area contributed by atoms with E-state index < -0.39 is 0 Å². The maximum absolute atomic E-state index is 12.5. The predicted molar refractivity (Wildman–Crippen MR) is 105 cm³/mol. The summed E-state index contributed by atoms with van der Waals surface area (Å²) >= 11 is 0. The average Bonchev–Trinajstić information content (AvgIpc) is 2.65. The number of amides is 1. The Balaban J connectivity index is 1.68. The molecule has 0 saturated carbocycles. The van der Waals surface area contributed by atoms with Gasteiger partial charge in [0.1, 0.15) is 0 Å². The van der Waals surface area contributed by atoms with E-state index in [1.165, 1.54) is 5.56 Å². The molecule has 2 aromatic carbocycles. The number of carbonyl (C=O) groups is 1. The molecule has 2 N–H and O–H groups in total. The Morgan fingerprint density at radius 1 is 1.04 bits per heavy atom. The van der Waals surface area contributed by atoms with Crippen LogP contribution in [0.5, 0.6) is 0 Å². The lowest BCUT2D eigenvalue weighted by molar-refractivity contribution is -0.121. The zero-order valence-corrected chi connectivity index (χ0v) is 15.2. The molecule has 0 spiro atoms. The van der Waals surface area contributed by atoms with E-state index in [0.717, 1.165) is 10.9 Å². The average molecular weight is 348 g/mol. The lowest BCUT2D eigenvalue weighted by Crippen LogP contribution is -2.28. The highest BCUT2D eigenvalue weighted by Gasteiger charge is 2.19. The lowest BCUT2D eigenvalue weighted by Gasteiger charge is -2.21. The quantitative estimate of drug-likeness (QED) is 0.708. The number of fused-ring (bicyclic) bond motifs is 1. The van der Waals surface area contributed by atoms with Crippen LogP contribution in [0.3, 0.4) is 0 Å². The van der Waals surface area contributed by atoms with E-state index in [1.807, 2.05) is 48.5 Å². The van der Waals surface area contributed by atoms with Crippen LogP contribution in [0.25, 0.3) is 10.9 Å². The van der Waals surface area contributed by atoms with Gasteiger partial charge in [0.15, 0.2) is 0 Å². The van der Waals surface area contributed by atoms with Gasteiger partial charge in [0.2, 0.25) is 5.91 Å². The van der Waals surface area contributed by atoms with Crippen molar-refractivity contribution in [3.05, 3.63) is 82.1 Å². The van der Waals surface area contributed by atoms with Crippen molar-refractivity contribution in [3.63, 3.8) is 0 Å². The van der Waals surface area contributed by atoms with Gasteiger partial charge in [-0.2, -0.15) is 0 Å². The number of aromatic nitrogens is 1. The zero-order valence-electron chi connectivity index (χ0n) is 15.2. The molecule has 0 radical (unpaired) electrons. The van der Waals surface area contributed by atoms with Crippen molar-refractivity contribution in [3.8, 4) is 0 Å². The summed E-state index contributed by atoms with van der Waals surface area (Å²) in [6.45, 7) is 4.48. The van der Waals surface area contributed by atoms with Crippen molar-refractivity contribution in [1.82, 2.24) is 10.3 Å². The fraction of sp³-hybridized carbons (Fsp3) is 0.273. The molecule has 1 heterocycles. The van der Waals surface area contributed by atoms with Crippen LogP contribution in [0.15, 0.2) is 65.5 Å². The number of nitrogens with one attached hydrogen (secondary N) is 2. The van der Waals surface area contributed by atoms with Crippen LogP contribution in [0.1, 0.15) is 37.3 Å². The first-order valence-corrected chi connectivity index (χ1v) is 8.97. The van der Waals surface area contributed by atoms with Crippen LogP contribution in [0.4, 0.5) is 0 Å². The van der Waals surface area contributed by atoms with Crippen molar-refractivity contribution in [2.24, 2.45) is 5.92 Å². The summed E-state index contributed by atoms with van der Waals surface area (Å²) in [4.78, 5) is 27.5. The highest BCUT2D eigenvalue weighted by molar-refractivity contribution is 5.79. The molecular formula is C22H24N2O2. The summed E-state index contributed by atoms with van der Waals surface area (Å²) in [5.41, 5.74) is 2.38. The molecule has 0 aliphatic heterocycles. The molecule has 4 heteroatoms. The molecule has 0 aliphatic rings. The second-order valence-electron chi connectivity index (χ2n) is 6.95. The molecule has 1 unspecified atom stereocenters. The minimum Gasteiger partial charge on any atom is -0.352 e. The molecule has 26 heavy (non-hydrogen) atoms. The lowest BCUT2D eigenvalue weighted by atomic mass is 9.85. The molecule has 0 saturated heterocycles. The Morgan fingerprint density at radius 2 is 1.73 bits per heavy atom. The summed E-state index contributed by atoms with van der Waals surface area (Å²) in [5.74, 6) is 0.471. The van der Waals surface area contributed by atoms with Crippen LogP contribution in [-0.4, -0.2) is 10.9 Å². The Kier molecular flexibility index (Phi) is 5.52. The molecule has 0 aliphatic carbocycles. The fourth-order valence-corrected chi connectivity index (χ4v) is 3.23. The van der Waals surface area contributed by atoms with Gasteiger partial charge >= 0.3 is 0 Å². The SMILES string of the molecule is CC(C)C(CC(=O)NCc1cc2ccccc2[nH]c1=O)c1ccccc1. The van der Waals surface area contributed by atoms with Crippen molar-refractivity contribution in [2.45, 2.75) is 32.7 Å². The molecule has 134 valence electrons. The molecule has 0 fully saturated rings. The Hall–Kier alpha value is -2.88. The van der Waals surface area contributed by atoms with E-state index >= 15 is 0 Å². The van der Waals surface area contributed by atoms with E-state index in [4.69, 9.17) is 0 Å². The predicted octanol–water partition coefficient (Wildman–Crippen LogP) is 3.97. The molecule has 1 aromatic heterocycles. The molecule has 3 aromatic rings. The van der Waals surface area contributed by atoms with Crippen LogP contribution in [0.2, 0.25) is 0 Å². The largest absolute Gasteiger partial charge is 0.352 e. The third kappa shape index (κ3) is 4.20. The van der Waals surface area contributed by atoms with Crippen LogP contribution >= 0.6 is 0 Å². The highest BCUT2D eigenvalue weighted by atomic mass is 16.1. The monoisotopic (exact) mass is 348 g/mol. The number of benzene rings is 2. The number of hydrogen-bond donors (Lipinski definition) is 2. The van der Waals surface area contributed by atoms with Gasteiger partial charge in [-0.25, -0.2) is 0 Å². The summed E-state index contributed by atoms with van der Waals surface area (Å²) in [6.07, 6.45) is 0.410. The van der Waals surface area contributed by atoms with Gasteiger partial charge in [0, 0.05) is 24.0 Å². The molecule has 1 amide bonds. The molecule has 1 atom stereocenters. The number of pyridine rings is 1. The topological polar surface area (TPSA) is 62.0 Å². The van der Waals surface area contributed by atoms with E-state index in [9.17, 15) is 9.59 Å². The Labute approximate surface area is 153 Å². The van der Waals surface area contributed by atoms with Crippen LogP contribution in [0, 0.1) is 5.92 Å². The van der Waals surface area contributed by atoms with Gasteiger partial charge in [0.25, 0.3) is 5.56 Å². The number of carbonyl (C=O) groups excluding carboxylic acids is 1. The summed E-state index contributed by atoms with van der Waals surface area (Å²) in [5, 5.41) is 3.86. The molecule has 0 bridgehead atoms. The molecule has 3 rings (SSSR count). The third-order valence-electron chi connectivity index (χ3n) is 4.74. The number of H-pyrrole nitrogens is 1. The minimum absolute atomic E-state index is 0.0416. The van der Waals surface area contributed by atoms with Gasteiger partial charge in [0.05, 0.1) is 0 Å². The third-order valence-corrected chi connectivity index (χ3v) is 4.74. The van der Waals surface area contributed by atoms with Gasteiger partial charge in [-0.1, -0.05) is 62.4 Å². The maximum atomic E-state index is 12.5. The first-order valence-electron chi connectivity index (χ1n) is 8.97. The first-order chi connectivity index (χ1) is 12.5. The number of para-hydroxylation sites is 1. The van der Waals surface area contributed by atoms with Crippen LogP contribution < -0.4 is 10.9 Å². The second kappa shape index (κ2) is 8.00. The number of aromatic amines is 1. The normalized spacial score (nSPS) is 12.3. The van der Waals surface area contributed by atoms with Crippen molar-refractivity contribution < 1.29 is 4.79 Å². The summed E-state index contributed by atoms with van der Waals surface area (Å²) in [7, 11) is 0. The first kappa shape index (κ1) is 17.9. The van der Waals surface area contributed by atoms with Gasteiger partial charge in [-0.05, 0) is 34.9 Å². The van der Waals surface area contributed by atoms with E-state index in [-0.39, 0.29) is 23.9 Å². The smallest absolute Gasteiger partial charge is 0.253 e. The maximum Gasteiger partial charge on any atom is 0.253 e. The van der Waals surface area contributed by atoms with Crippen molar-refractivity contribution in [2.75, 3.05) is 0 Å². The molecule has 4 nitrogen and oxygen atoms in total. The minimum atomic E-state index is -0.160. The zero-order chi connectivity index (χ0) is 18.5. The fourth-order valence-electron chi connectivity index (χ4n) is 3.23. The Morgan fingerprint density at radius 3 is 2.46 bits per heavy atom. The summed E-state index contributed by atoms with van der Waals surface area (Å²) < 4.78 is 0. The van der Waals surface area contributed by atoms with Crippen molar-refractivity contribution in [1.29, 1.82) is 0 Å². The standard InChI is InChI=1S/C22H24N2O2/c1-15(2)19(16-8-4-3-5-9-16)13-21(25)23-14-18-12-17-10-6-7-11-20(17)24-22(18)26/h3-12,15,19H,13-14H2,1-2H3,(H,23,25)(H,24,26). The second-order valence-corrected chi connectivity index (χ2v) is 6.95. The molecular weight excluding hydrogens is 324 g/mol. The van der Waals surface area contributed by atoms with E-state index in [2.05, 4.69) is 36.3 Å². The van der Waals surface area contributed by atoms with Crippen LogP contribution in [-0.2, 0) is 11.3 Å². The van der Waals surface area contributed by atoms with Gasteiger partial charge < -0.3 is 10.3 Å². The van der Waals surface area contributed by atoms with Crippen molar-refractivity contribution >= 4 is 16.8 Å². The number of hydrogen-bond acceptors (Lipinski definition) is 2. The highest BCUT2D eigenvalue weighted by Crippen LogP contribution is 2.27. The summed E-state index contributed by atoms with van der Waals surface area (Å²) in [6, 6.07) is 19.6. The van der Waals surface area contributed by atoms with Gasteiger partial charge in [-0.15, -0.1) is 0 Å². The van der Waals surface area contributed by atoms with E-state index in [0.29, 0.717) is 17.9 Å².